The van der Waals surface area contributed by atoms with Gasteiger partial charge in [-0.2, -0.15) is 0 Å². The van der Waals surface area contributed by atoms with Crippen LogP contribution in [0, 0.1) is 35.5 Å². The van der Waals surface area contributed by atoms with Gasteiger partial charge in [-0.25, -0.2) is 0 Å². The largest absolute Gasteiger partial charge is 0.508 e. The number of benzene rings is 8. The average Bonchev–Trinajstić information content (AvgIpc) is 1.75. The van der Waals surface area contributed by atoms with Crippen LogP contribution in [0.3, 0.4) is 0 Å². The van der Waals surface area contributed by atoms with Gasteiger partial charge < -0.3 is 58.3 Å². The predicted molar refractivity (Wildman–Crippen MR) is 420 cm³/mol. The van der Waals surface area contributed by atoms with Crippen molar-refractivity contribution in [3.8, 4) is 34.5 Å². The van der Waals surface area contributed by atoms with Crippen LogP contribution in [0.4, 0.5) is 0 Å². The van der Waals surface area contributed by atoms with Gasteiger partial charge in [0.2, 0.25) is 0 Å². The lowest BCUT2D eigenvalue weighted by molar-refractivity contribution is -0.146. The zero-order chi connectivity index (χ0) is 79.3. The molecular weight excluding hydrogens is 1390 g/mol. The van der Waals surface area contributed by atoms with Crippen LogP contribution in [0.5, 0.6) is 34.5 Å². The summed E-state index contributed by atoms with van der Waals surface area (Å²) in [7, 11) is 8.56. The molecule has 18 nitrogen and oxygen atoms in total. The van der Waals surface area contributed by atoms with E-state index in [1.54, 1.807) is 48.5 Å². The van der Waals surface area contributed by atoms with Gasteiger partial charge in [0.05, 0.1) is 78.2 Å². The van der Waals surface area contributed by atoms with E-state index in [-0.39, 0.29) is 130 Å². The predicted octanol–water partition coefficient (Wildman–Crippen LogP) is 17.1. The maximum absolute atomic E-state index is 11.9. The van der Waals surface area contributed by atoms with Gasteiger partial charge in [-0.15, -0.1) is 0 Å². The first-order valence-electron chi connectivity index (χ1n) is 38.2. The molecule has 0 saturated carbocycles. The summed E-state index contributed by atoms with van der Waals surface area (Å²) >= 11 is 0. The number of methoxy groups -OCH3 is 6. The van der Waals surface area contributed by atoms with E-state index in [0.29, 0.717) is 13.2 Å². The minimum atomic E-state index is -0.179. The summed E-state index contributed by atoms with van der Waals surface area (Å²) in [6.45, 7) is 12.5. The molecule has 0 radical (unpaired) electrons. The lowest BCUT2D eigenvalue weighted by atomic mass is 9.88. The van der Waals surface area contributed by atoms with Crippen molar-refractivity contribution in [1.29, 1.82) is 0 Å². The molecular formula is C92H108O18. The fraction of sp³-hybridized carbons (Fsp3) is 0.413. The minimum absolute atomic E-state index is 0.120. The lowest BCUT2D eigenvalue weighted by Gasteiger charge is -2.18. The summed E-state index contributed by atoms with van der Waals surface area (Å²) in [6, 6.07) is 54.3. The highest BCUT2D eigenvalue weighted by Crippen LogP contribution is 2.46. The molecule has 0 saturated heterocycles. The third-order valence-corrected chi connectivity index (χ3v) is 23.1. The average molecular weight is 1500 g/mol. The van der Waals surface area contributed by atoms with Crippen LogP contribution in [0.2, 0.25) is 0 Å². The molecule has 0 aliphatic heterocycles. The molecule has 0 amide bonds. The van der Waals surface area contributed by atoms with Gasteiger partial charge in [-0.3, -0.25) is 28.8 Å². The SMILES string of the molecule is COC(=O)C(C)[C@@H]1CCc2ccc(OCc3ccccc3)cc21.COC(=O)C(C)[C@H]1CCc2ccc(OCc3ccccc3)cc21.COC(=O)[C@@H](C)[C@@H]1CCc2ccc(O)cc21.COC(=O)[C@@H](C)[C@@H]1CCc2ccc(O)cc21.COC(=O)[C@@H](C)[C@H]1CCc2ccc(O)cc21.COC(=O)[C@@H](C)[C@H]1CCc2ccc(O)cc21. The van der Waals surface area contributed by atoms with E-state index >= 15 is 0 Å². The van der Waals surface area contributed by atoms with Crippen LogP contribution in [0.15, 0.2) is 170 Å². The molecule has 6 aliphatic carbocycles. The normalized spacial score (nSPS) is 19.1. The molecule has 18 heteroatoms. The van der Waals surface area contributed by atoms with Crippen molar-refractivity contribution >= 4 is 35.8 Å². The molecule has 584 valence electrons. The Morgan fingerprint density at radius 2 is 0.473 bits per heavy atom. The van der Waals surface area contributed by atoms with Gasteiger partial charge in [0.1, 0.15) is 47.7 Å². The molecule has 0 fully saturated rings. The number of aromatic hydroxyl groups is 4. The molecule has 110 heavy (non-hydrogen) atoms. The number of hydrogen-bond donors (Lipinski definition) is 4. The van der Waals surface area contributed by atoms with Crippen LogP contribution in [-0.2, 0) is 109 Å². The maximum atomic E-state index is 11.9. The maximum Gasteiger partial charge on any atom is 0.308 e. The van der Waals surface area contributed by atoms with Gasteiger partial charge in [-0.05, 0) is 263 Å². The first kappa shape index (κ1) is 83.4. The number of ether oxygens (including phenoxy) is 8. The molecule has 0 aromatic heterocycles. The Morgan fingerprint density at radius 3 is 0.673 bits per heavy atom. The topological polar surface area (TPSA) is 257 Å². The number of fused-ring (bicyclic) bond motifs is 6. The monoisotopic (exact) mass is 1500 g/mol. The van der Waals surface area contributed by atoms with Crippen molar-refractivity contribution in [2.75, 3.05) is 42.7 Å². The fourth-order valence-electron chi connectivity index (χ4n) is 16.6. The first-order valence-corrected chi connectivity index (χ1v) is 38.2. The second kappa shape index (κ2) is 39.7. The number of carbonyl (C=O) groups excluding carboxylic acids is 6. The van der Waals surface area contributed by atoms with E-state index in [1.165, 1.54) is 87.2 Å². The van der Waals surface area contributed by atoms with Crippen LogP contribution in [0.25, 0.3) is 0 Å². The second-order valence-electron chi connectivity index (χ2n) is 29.5. The number of hydrogen-bond acceptors (Lipinski definition) is 18. The summed E-state index contributed by atoms with van der Waals surface area (Å²) in [5.41, 5.74) is 16.7. The van der Waals surface area contributed by atoms with E-state index in [2.05, 4.69) is 48.5 Å². The zero-order valence-electron chi connectivity index (χ0n) is 65.5. The molecule has 8 aromatic rings. The highest BCUT2D eigenvalue weighted by molar-refractivity contribution is 5.76. The van der Waals surface area contributed by atoms with Gasteiger partial charge >= 0.3 is 35.8 Å². The van der Waals surface area contributed by atoms with E-state index in [1.807, 2.05) is 114 Å². The number of carbonyl (C=O) groups is 6. The van der Waals surface area contributed by atoms with Crippen molar-refractivity contribution in [2.45, 2.75) is 167 Å². The summed E-state index contributed by atoms with van der Waals surface area (Å²) < 4.78 is 40.7. The molecule has 0 heterocycles. The Bertz CT molecular complexity index is 4000. The number of aryl methyl sites for hydroxylation is 6. The molecule has 8 aromatic carbocycles. The summed E-state index contributed by atoms with van der Waals surface area (Å²) in [5.74, 6) is 2.10. The fourth-order valence-corrected chi connectivity index (χ4v) is 16.6. The number of phenols is 4. The smallest absolute Gasteiger partial charge is 0.308 e. The van der Waals surface area contributed by atoms with Gasteiger partial charge in [0.25, 0.3) is 0 Å². The molecule has 4 N–H and O–H groups in total. The third kappa shape index (κ3) is 21.0. The van der Waals surface area contributed by atoms with E-state index in [4.69, 9.17) is 37.9 Å². The van der Waals surface area contributed by atoms with E-state index in [0.717, 1.165) is 122 Å². The van der Waals surface area contributed by atoms with Crippen molar-refractivity contribution in [3.05, 3.63) is 248 Å². The van der Waals surface area contributed by atoms with Gasteiger partial charge in [0, 0.05) is 0 Å². The van der Waals surface area contributed by atoms with Crippen LogP contribution in [-0.4, -0.2) is 98.9 Å². The van der Waals surface area contributed by atoms with Gasteiger partial charge in [0.15, 0.2) is 0 Å². The highest BCUT2D eigenvalue weighted by Gasteiger charge is 2.38. The van der Waals surface area contributed by atoms with Crippen molar-refractivity contribution in [3.63, 3.8) is 0 Å². The number of esters is 6. The van der Waals surface area contributed by atoms with Crippen molar-refractivity contribution < 1.29 is 87.1 Å². The molecule has 0 bridgehead atoms. The van der Waals surface area contributed by atoms with Crippen molar-refractivity contribution in [1.82, 2.24) is 0 Å². The third-order valence-electron chi connectivity index (χ3n) is 23.1. The Balaban J connectivity index is 0.000000153. The van der Waals surface area contributed by atoms with Crippen LogP contribution >= 0.6 is 0 Å². The van der Waals surface area contributed by atoms with Crippen LogP contribution in [0.1, 0.15) is 193 Å². The molecule has 14 rings (SSSR count). The second-order valence-corrected chi connectivity index (χ2v) is 29.5. The van der Waals surface area contributed by atoms with Crippen LogP contribution < -0.4 is 9.47 Å². The molecule has 12 atom stereocenters. The summed E-state index contributed by atoms with van der Waals surface area (Å²) in [6.07, 6.45) is 11.7. The number of rotatable bonds is 18. The number of phenolic OH excluding ortho intramolecular Hbond substituents is 4. The van der Waals surface area contributed by atoms with Gasteiger partial charge in [-0.1, -0.05) is 139 Å². The van der Waals surface area contributed by atoms with Crippen molar-refractivity contribution in [2.24, 2.45) is 35.5 Å². The molecule has 6 aliphatic rings. The van der Waals surface area contributed by atoms with E-state index < -0.39 is 0 Å². The molecule has 2 unspecified atom stereocenters. The summed E-state index contributed by atoms with van der Waals surface area (Å²) in [5, 5.41) is 37.9. The standard InChI is InChI=1S/2C20H22O3.4C13H16O3/c2*1-14(20(21)22-2)18-11-9-16-8-10-17(12-19(16)18)23-13-15-6-4-3-5-7-15;4*1-8(13(15)16-2)11-6-4-9-3-5-10(14)7-12(9)11/h2*3-8,10,12,14,18H,9,11,13H2,1-2H3;4*3,5,7-8,11,14H,4,6H2,1-2H3/t2*14?,18-;2*8-,11+;2*8-,11-/m100000/s1. The quantitative estimate of drug-likeness (QED) is 0.0460. The summed E-state index contributed by atoms with van der Waals surface area (Å²) in [4.78, 5) is 69.7. The Kier molecular flexibility index (Phi) is 30.1. The minimum Gasteiger partial charge on any atom is -0.508 e. The van der Waals surface area contributed by atoms with E-state index in [9.17, 15) is 49.2 Å². The Labute approximate surface area is 647 Å². The lowest BCUT2D eigenvalue weighted by Crippen LogP contribution is -2.19. The Morgan fingerprint density at radius 1 is 0.282 bits per heavy atom. The highest BCUT2D eigenvalue weighted by atomic mass is 16.5. The molecule has 0 spiro atoms. The first-order chi connectivity index (χ1) is 52.9. The zero-order valence-corrected chi connectivity index (χ0v) is 65.5. The Hall–Kier alpha value is -10.6.